The van der Waals surface area contributed by atoms with Crippen LogP contribution in [0.1, 0.15) is 12.0 Å². The molecule has 1 atom stereocenters. The Hall–Kier alpha value is -3.38. The molecule has 0 saturated carbocycles. The van der Waals surface area contributed by atoms with Gasteiger partial charge in [0, 0.05) is 29.1 Å². The zero-order valence-corrected chi connectivity index (χ0v) is 17.7. The number of fused-ring (bicyclic) bond motifs is 1. The number of esters is 1. The summed E-state index contributed by atoms with van der Waals surface area (Å²) in [5, 5.41) is 5.15. The van der Waals surface area contributed by atoms with Crippen LogP contribution in [0.3, 0.4) is 0 Å². The number of rotatable bonds is 5. The summed E-state index contributed by atoms with van der Waals surface area (Å²) >= 11 is 5.95. The van der Waals surface area contributed by atoms with Crippen molar-refractivity contribution in [2.45, 2.75) is 13.3 Å². The predicted molar refractivity (Wildman–Crippen MR) is 120 cm³/mol. The molecule has 1 fully saturated rings. The molecule has 158 valence electrons. The van der Waals surface area contributed by atoms with E-state index in [1.165, 1.54) is 0 Å². The van der Waals surface area contributed by atoms with Gasteiger partial charge >= 0.3 is 5.97 Å². The van der Waals surface area contributed by atoms with Crippen molar-refractivity contribution >= 4 is 51.5 Å². The lowest BCUT2D eigenvalue weighted by molar-refractivity contribution is -0.151. The number of hydrogen-bond acceptors (Lipinski definition) is 4. The van der Waals surface area contributed by atoms with Crippen molar-refractivity contribution in [1.82, 2.24) is 0 Å². The SMILES string of the molecule is Cc1ccc(Cl)cc1NC(=O)COC(=O)[C@H]1CC(=O)N(c2cccc3ccccc23)C1. The highest BCUT2D eigenvalue weighted by atomic mass is 35.5. The molecule has 1 heterocycles. The molecule has 3 aromatic rings. The van der Waals surface area contributed by atoms with Crippen LogP contribution in [-0.2, 0) is 19.1 Å². The van der Waals surface area contributed by atoms with Gasteiger partial charge in [0.15, 0.2) is 6.61 Å². The summed E-state index contributed by atoms with van der Waals surface area (Å²) in [5.41, 5.74) is 2.18. The third-order valence-electron chi connectivity index (χ3n) is 5.34. The van der Waals surface area contributed by atoms with Crippen LogP contribution in [0, 0.1) is 12.8 Å². The topological polar surface area (TPSA) is 75.7 Å². The number of aryl methyl sites for hydroxylation is 1. The monoisotopic (exact) mass is 436 g/mol. The molecule has 1 N–H and O–H groups in total. The highest BCUT2D eigenvalue weighted by Crippen LogP contribution is 2.32. The van der Waals surface area contributed by atoms with Crippen LogP contribution in [0.25, 0.3) is 10.8 Å². The Morgan fingerprint density at radius 2 is 1.90 bits per heavy atom. The molecule has 3 aromatic carbocycles. The average Bonchev–Trinajstić information content (AvgIpc) is 3.15. The molecule has 0 aliphatic carbocycles. The fourth-order valence-electron chi connectivity index (χ4n) is 3.71. The number of amides is 2. The number of carbonyl (C=O) groups excluding carboxylic acids is 3. The number of halogens is 1. The zero-order chi connectivity index (χ0) is 22.0. The summed E-state index contributed by atoms with van der Waals surface area (Å²) in [6.45, 7) is 1.63. The van der Waals surface area contributed by atoms with Gasteiger partial charge in [0.1, 0.15) is 0 Å². The van der Waals surface area contributed by atoms with E-state index in [4.69, 9.17) is 16.3 Å². The van der Waals surface area contributed by atoms with E-state index in [1.54, 1.807) is 23.1 Å². The molecule has 31 heavy (non-hydrogen) atoms. The lowest BCUT2D eigenvalue weighted by Crippen LogP contribution is -2.28. The molecule has 0 unspecified atom stereocenters. The van der Waals surface area contributed by atoms with Gasteiger partial charge in [-0.1, -0.05) is 54.1 Å². The van der Waals surface area contributed by atoms with Gasteiger partial charge in [-0.3, -0.25) is 14.4 Å². The Labute approximate surface area is 184 Å². The van der Waals surface area contributed by atoms with Crippen molar-refractivity contribution in [3.63, 3.8) is 0 Å². The molecule has 0 aromatic heterocycles. The van der Waals surface area contributed by atoms with E-state index < -0.39 is 24.4 Å². The van der Waals surface area contributed by atoms with Crippen LogP contribution >= 0.6 is 11.6 Å². The maximum absolute atomic E-state index is 12.6. The smallest absolute Gasteiger partial charge is 0.311 e. The number of anilines is 2. The number of nitrogens with one attached hydrogen (secondary N) is 1. The lowest BCUT2D eigenvalue weighted by atomic mass is 10.1. The minimum Gasteiger partial charge on any atom is -0.455 e. The molecule has 0 spiro atoms. The first-order valence-corrected chi connectivity index (χ1v) is 10.3. The second kappa shape index (κ2) is 8.78. The molecule has 4 rings (SSSR count). The van der Waals surface area contributed by atoms with Crippen molar-refractivity contribution in [3.05, 3.63) is 71.2 Å². The summed E-state index contributed by atoms with van der Waals surface area (Å²) in [7, 11) is 0. The summed E-state index contributed by atoms with van der Waals surface area (Å²) in [6, 6.07) is 18.7. The standard InChI is InChI=1S/C24H21ClN2O4/c1-15-9-10-18(25)12-20(15)26-22(28)14-31-24(30)17-11-23(29)27(13-17)21-8-4-6-16-5-2-3-7-19(16)21/h2-10,12,17H,11,13-14H2,1H3,(H,26,28)/t17-/m0/s1. The van der Waals surface area contributed by atoms with Crippen LogP contribution in [0.2, 0.25) is 5.02 Å². The summed E-state index contributed by atoms with van der Waals surface area (Å²) < 4.78 is 5.19. The van der Waals surface area contributed by atoms with Gasteiger partial charge in [-0.15, -0.1) is 0 Å². The van der Waals surface area contributed by atoms with Crippen LogP contribution in [0.15, 0.2) is 60.7 Å². The zero-order valence-electron chi connectivity index (χ0n) is 16.9. The minimum absolute atomic E-state index is 0.0527. The number of hydrogen-bond donors (Lipinski definition) is 1. The van der Waals surface area contributed by atoms with Gasteiger partial charge in [0.25, 0.3) is 5.91 Å². The molecular formula is C24H21ClN2O4. The summed E-state index contributed by atoms with van der Waals surface area (Å²) in [6.07, 6.45) is 0.0527. The Kier molecular flexibility index (Phi) is 5.91. The second-order valence-corrected chi connectivity index (χ2v) is 7.96. The van der Waals surface area contributed by atoms with Gasteiger partial charge in [-0.2, -0.15) is 0 Å². The van der Waals surface area contributed by atoms with E-state index in [2.05, 4.69) is 5.32 Å². The van der Waals surface area contributed by atoms with E-state index in [1.807, 2.05) is 49.4 Å². The van der Waals surface area contributed by atoms with Gasteiger partial charge in [0.05, 0.1) is 11.6 Å². The number of benzene rings is 3. The van der Waals surface area contributed by atoms with E-state index in [-0.39, 0.29) is 18.9 Å². The Balaban J connectivity index is 1.38. The Morgan fingerprint density at radius 1 is 1.13 bits per heavy atom. The summed E-state index contributed by atoms with van der Waals surface area (Å²) in [4.78, 5) is 38.9. The van der Waals surface area contributed by atoms with E-state index in [9.17, 15) is 14.4 Å². The largest absolute Gasteiger partial charge is 0.455 e. The fourth-order valence-corrected chi connectivity index (χ4v) is 3.88. The minimum atomic E-state index is -0.618. The first-order chi connectivity index (χ1) is 14.9. The van der Waals surface area contributed by atoms with Gasteiger partial charge in [0.2, 0.25) is 5.91 Å². The van der Waals surface area contributed by atoms with Crippen LogP contribution < -0.4 is 10.2 Å². The first kappa shape index (κ1) is 20.9. The molecule has 1 saturated heterocycles. The number of carbonyl (C=O) groups is 3. The molecule has 1 aliphatic heterocycles. The van der Waals surface area contributed by atoms with Gasteiger partial charge in [-0.25, -0.2) is 0 Å². The maximum Gasteiger partial charge on any atom is 0.311 e. The van der Waals surface area contributed by atoms with Crippen molar-refractivity contribution in [3.8, 4) is 0 Å². The van der Waals surface area contributed by atoms with Crippen LogP contribution in [0.4, 0.5) is 11.4 Å². The highest BCUT2D eigenvalue weighted by molar-refractivity contribution is 6.31. The van der Waals surface area contributed by atoms with Crippen LogP contribution in [0.5, 0.6) is 0 Å². The summed E-state index contributed by atoms with van der Waals surface area (Å²) in [5.74, 6) is -1.78. The number of ether oxygens (including phenoxy) is 1. The molecule has 6 nitrogen and oxygen atoms in total. The molecule has 0 bridgehead atoms. The van der Waals surface area contributed by atoms with Crippen molar-refractivity contribution < 1.29 is 19.1 Å². The lowest BCUT2D eigenvalue weighted by Gasteiger charge is -2.18. The van der Waals surface area contributed by atoms with E-state index in [0.717, 1.165) is 22.0 Å². The predicted octanol–water partition coefficient (Wildman–Crippen LogP) is 4.34. The average molecular weight is 437 g/mol. The van der Waals surface area contributed by atoms with Crippen molar-refractivity contribution in [2.75, 3.05) is 23.4 Å². The number of nitrogens with zero attached hydrogens (tertiary/aromatic N) is 1. The second-order valence-electron chi connectivity index (χ2n) is 7.52. The first-order valence-electron chi connectivity index (χ1n) is 9.93. The Morgan fingerprint density at radius 3 is 2.74 bits per heavy atom. The van der Waals surface area contributed by atoms with E-state index >= 15 is 0 Å². The van der Waals surface area contributed by atoms with Crippen LogP contribution in [-0.4, -0.2) is 30.9 Å². The molecule has 7 heteroatoms. The highest BCUT2D eigenvalue weighted by Gasteiger charge is 2.36. The maximum atomic E-state index is 12.6. The van der Waals surface area contributed by atoms with E-state index in [0.29, 0.717) is 10.7 Å². The van der Waals surface area contributed by atoms with Gasteiger partial charge < -0.3 is 15.0 Å². The normalized spacial score (nSPS) is 15.9. The molecular weight excluding hydrogens is 416 g/mol. The third kappa shape index (κ3) is 4.54. The Bertz CT molecular complexity index is 1170. The quantitative estimate of drug-likeness (QED) is 0.604. The molecule has 2 amide bonds. The molecule has 1 aliphatic rings. The van der Waals surface area contributed by atoms with Crippen molar-refractivity contribution in [2.24, 2.45) is 5.92 Å². The molecule has 0 radical (unpaired) electrons. The van der Waals surface area contributed by atoms with Crippen molar-refractivity contribution in [1.29, 1.82) is 0 Å². The third-order valence-corrected chi connectivity index (χ3v) is 5.57. The van der Waals surface area contributed by atoms with Gasteiger partial charge in [-0.05, 0) is 36.1 Å². The fraction of sp³-hybridized carbons (Fsp3) is 0.208.